The first kappa shape index (κ1) is 14.4. The third-order valence-corrected chi connectivity index (χ3v) is 2.77. The quantitative estimate of drug-likeness (QED) is 0.909. The molecule has 0 bridgehead atoms. The van der Waals surface area contributed by atoms with Crippen LogP contribution in [0, 0.1) is 11.6 Å². The Hall–Kier alpha value is -2.01. The molecule has 0 unspecified atom stereocenters. The minimum Gasteiger partial charge on any atom is -0.439 e. The Balaban J connectivity index is 2.27. The highest BCUT2D eigenvalue weighted by molar-refractivity contribution is 5.31. The van der Waals surface area contributed by atoms with Crippen LogP contribution >= 0.6 is 0 Å². The van der Waals surface area contributed by atoms with Crippen LogP contribution < -0.4 is 10.5 Å². The summed E-state index contributed by atoms with van der Waals surface area (Å²) in [5, 5.41) is 0. The summed E-state index contributed by atoms with van der Waals surface area (Å²) < 4.78 is 31.5. The minimum absolute atomic E-state index is 0.202. The van der Waals surface area contributed by atoms with E-state index in [9.17, 15) is 8.78 Å². The molecule has 2 aromatic rings. The molecule has 2 rings (SSSR count). The summed E-state index contributed by atoms with van der Waals surface area (Å²) in [6.45, 7) is 2.42. The molecule has 5 heteroatoms. The Morgan fingerprint density at radius 3 is 2.60 bits per heavy atom. The minimum atomic E-state index is -0.953. The highest BCUT2D eigenvalue weighted by Crippen LogP contribution is 2.23. The Labute approximate surface area is 116 Å². The van der Waals surface area contributed by atoms with Crippen LogP contribution in [0.5, 0.6) is 11.6 Å². The van der Waals surface area contributed by atoms with E-state index in [4.69, 9.17) is 10.5 Å². The van der Waals surface area contributed by atoms with E-state index in [-0.39, 0.29) is 5.75 Å². The molecule has 0 saturated heterocycles. The second kappa shape index (κ2) is 6.43. The molecular formula is C15H16F2N2O. The molecule has 106 valence electrons. The van der Waals surface area contributed by atoms with Crippen molar-refractivity contribution in [2.75, 3.05) is 0 Å². The molecule has 0 amide bonds. The number of hydrogen-bond donors (Lipinski definition) is 1. The summed E-state index contributed by atoms with van der Waals surface area (Å²) in [6.07, 6.45) is 1.76. The van der Waals surface area contributed by atoms with Gasteiger partial charge in [0, 0.05) is 24.4 Å². The van der Waals surface area contributed by atoms with Crippen molar-refractivity contribution in [3.8, 4) is 11.6 Å². The van der Waals surface area contributed by atoms with Gasteiger partial charge >= 0.3 is 0 Å². The number of benzene rings is 1. The standard InChI is InChI=1S/C15H16F2N2O/c1-2-3-11-6-10(9-18)7-15(19-11)20-12-4-5-13(16)14(17)8-12/h4-8H,2-3,9,18H2,1H3. The van der Waals surface area contributed by atoms with E-state index in [0.29, 0.717) is 12.4 Å². The Bertz CT molecular complexity index is 602. The first-order valence-corrected chi connectivity index (χ1v) is 6.45. The van der Waals surface area contributed by atoms with Gasteiger partial charge < -0.3 is 10.5 Å². The third kappa shape index (κ3) is 3.51. The van der Waals surface area contributed by atoms with Crippen LogP contribution in [0.4, 0.5) is 8.78 Å². The van der Waals surface area contributed by atoms with Crippen molar-refractivity contribution in [3.05, 3.63) is 53.2 Å². The van der Waals surface area contributed by atoms with E-state index in [1.807, 2.05) is 13.0 Å². The summed E-state index contributed by atoms with van der Waals surface area (Å²) in [6, 6.07) is 6.98. The van der Waals surface area contributed by atoms with Gasteiger partial charge in [0.2, 0.25) is 5.88 Å². The van der Waals surface area contributed by atoms with Gasteiger partial charge in [0.25, 0.3) is 0 Å². The molecule has 0 aliphatic heterocycles. The molecule has 1 aromatic heterocycles. The molecule has 0 aliphatic carbocycles. The van der Waals surface area contributed by atoms with E-state index >= 15 is 0 Å². The van der Waals surface area contributed by atoms with Crippen LogP contribution in [0.3, 0.4) is 0 Å². The molecule has 0 aliphatic rings. The highest BCUT2D eigenvalue weighted by Gasteiger charge is 2.07. The normalized spacial score (nSPS) is 10.6. The lowest BCUT2D eigenvalue weighted by Gasteiger charge is -2.09. The Kier molecular flexibility index (Phi) is 4.63. The predicted molar refractivity (Wildman–Crippen MR) is 72.6 cm³/mol. The average molecular weight is 278 g/mol. The molecule has 3 nitrogen and oxygen atoms in total. The van der Waals surface area contributed by atoms with Crippen molar-refractivity contribution in [2.45, 2.75) is 26.3 Å². The number of pyridine rings is 1. The van der Waals surface area contributed by atoms with Crippen molar-refractivity contribution in [1.29, 1.82) is 0 Å². The van der Waals surface area contributed by atoms with Crippen molar-refractivity contribution in [2.24, 2.45) is 5.73 Å². The van der Waals surface area contributed by atoms with E-state index in [2.05, 4.69) is 4.98 Å². The number of halogens is 2. The fourth-order valence-corrected chi connectivity index (χ4v) is 1.84. The van der Waals surface area contributed by atoms with Crippen molar-refractivity contribution < 1.29 is 13.5 Å². The fraction of sp³-hybridized carbons (Fsp3) is 0.267. The number of aromatic nitrogens is 1. The Morgan fingerprint density at radius 1 is 1.15 bits per heavy atom. The van der Waals surface area contributed by atoms with Gasteiger partial charge in [-0.25, -0.2) is 13.8 Å². The van der Waals surface area contributed by atoms with E-state index < -0.39 is 11.6 Å². The SMILES string of the molecule is CCCc1cc(CN)cc(Oc2ccc(F)c(F)c2)n1. The molecule has 0 fully saturated rings. The highest BCUT2D eigenvalue weighted by atomic mass is 19.2. The van der Waals surface area contributed by atoms with Crippen molar-refractivity contribution in [1.82, 2.24) is 4.98 Å². The second-order valence-electron chi connectivity index (χ2n) is 4.44. The predicted octanol–water partition coefficient (Wildman–Crippen LogP) is 3.56. The summed E-state index contributed by atoms with van der Waals surface area (Å²) in [7, 11) is 0. The summed E-state index contributed by atoms with van der Waals surface area (Å²) >= 11 is 0. The summed E-state index contributed by atoms with van der Waals surface area (Å²) in [5.41, 5.74) is 7.39. The van der Waals surface area contributed by atoms with Crippen LogP contribution in [-0.4, -0.2) is 4.98 Å². The van der Waals surface area contributed by atoms with Gasteiger partial charge in [0.05, 0.1) is 0 Å². The topological polar surface area (TPSA) is 48.1 Å². The fourth-order valence-electron chi connectivity index (χ4n) is 1.84. The number of nitrogens with two attached hydrogens (primary N) is 1. The van der Waals surface area contributed by atoms with Gasteiger partial charge in [-0.3, -0.25) is 0 Å². The molecule has 0 spiro atoms. The molecule has 0 atom stereocenters. The second-order valence-corrected chi connectivity index (χ2v) is 4.44. The van der Waals surface area contributed by atoms with Gasteiger partial charge in [0.15, 0.2) is 11.6 Å². The van der Waals surface area contributed by atoms with E-state index in [0.717, 1.165) is 36.2 Å². The molecular weight excluding hydrogens is 262 g/mol. The van der Waals surface area contributed by atoms with Gasteiger partial charge in [-0.2, -0.15) is 0 Å². The van der Waals surface area contributed by atoms with Crippen LogP contribution in [-0.2, 0) is 13.0 Å². The summed E-state index contributed by atoms with van der Waals surface area (Å²) in [5.74, 6) is -1.32. The maximum absolute atomic E-state index is 13.1. The molecule has 2 N–H and O–H groups in total. The van der Waals surface area contributed by atoms with Crippen molar-refractivity contribution >= 4 is 0 Å². The zero-order valence-corrected chi connectivity index (χ0v) is 11.2. The maximum Gasteiger partial charge on any atom is 0.219 e. The molecule has 0 radical (unpaired) electrons. The molecule has 1 heterocycles. The smallest absolute Gasteiger partial charge is 0.219 e. The number of rotatable bonds is 5. The van der Waals surface area contributed by atoms with Crippen LogP contribution in [0.25, 0.3) is 0 Å². The number of aryl methyl sites for hydroxylation is 1. The molecule has 0 saturated carbocycles. The van der Waals surface area contributed by atoms with Gasteiger partial charge in [-0.15, -0.1) is 0 Å². The number of ether oxygens (including phenoxy) is 1. The zero-order valence-electron chi connectivity index (χ0n) is 11.2. The van der Waals surface area contributed by atoms with Crippen LogP contribution in [0.15, 0.2) is 30.3 Å². The monoisotopic (exact) mass is 278 g/mol. The van der Waals surface area contributed by atoms with Gasteiger partial charge in [-0.1, -0.05) is 13.3 Å². The average Bonchev–Trinajstić information content (AvgIpc) is 2.43. The van der Waals surface area contributed by atoms with Gasteiger partial charge in [-0.05, 0) is 30.2 Å². The first-order chi connectivity index (χ1) is 9.62. The van der Waals surface area contributed by atoms with E-state index in [1.165, 1.54) is 6.07 Å². The van der Waals surface area contributed by atoms with E-state index in [1.54, 1.807) is 6.07 Å². The summed E-state index contributed by atoms with van der Waals surface area (Å²) in [4.78, 5) is 4.32. The lowest BCUT2D eigenvalue weighted by atomic mass is 10.1. The van der Waals surface area contributed by atoms with Crippen molar-refractivity contribution in [3.63, 3.8) is 0 Å². The largest absolute Gasteiger partial charge is 0.439 e. The number of nitrogens with zero attached hydrogens (tertiary/aromatic N) is 1. The lowest BCUT2D eigenvalue weighted by Crippen LogP contribution is -2.01. The Morgan fingerprint density at radius 2 is 1.95 bits per heavy atom. The molecule has 20 heavy (non-hydrogen) atoms. The van der Waals surface area contributed by atoms with Gasteiger partial charge in [0.1, 0.15) is 5.75 Å². The van der Waals surface area contributed by atoms with Crippen LogP contribution in [0.1, 0.15) is 24.6 Å². The zero-order chi connectivity index (χ0) is 14.5. The third-order valence-electron chi connectivity index (χ3n) is 2.77. The maximum atomic E-state index is 13.1. The van der Waals surface area contributed by atoms with Crippen LogP contribution in [0.2, 0.25) is 0 Å². The first-order valence-electron chi connectivity index (χ1n) is 6.45. The lowest BCUT2D eigenvalue weighted by molar-refractivity contribution is 0.445. The molecule has 1 aromatic carbocycles. The number of hydrogen-bond acceptors (Lipinski definition) is 3.